The highest BCUT2D eigenvalue weighted by Gasteiger charge is 2.13. The first-order valence-electron chi connectivity index (χ1n) is 5.83. The second-order valence-electron chi connectivity index (χ2n) is 4.23. The minimum atomic E-state index is -0.396. The summed E-state index contributed by atoms with van der Waals surface area (Å²) in [4.78, 5) is 18.8. The Morgan fingerprint density at radius 3 is 2.79 bits per heavy atom. The molecular formula is C13H14N4O2. The summed E-state index contributed by atoms with van der Waals surface area (Å²) in [7, 11) is 0. The van der Waals surface area contributed by atoms with E-state index in [0.29, 0.717) is 18.1 Å². The molecule has 19 heavy (non-hydrogen) atoms. The number of nitrogens with zero attached hydrogens (tertiary/aromatic N) is 3. The number of aromatic nitrogens is 2. The molecule has 0 radical (unpaired) electrons. The van der Waals surface area contributed by atoms with Gasteiger partial charge >= 0.3 is 0 Å². The van der Waals surface area contributed by atoms with Crippen molar-refractivity contribution in [1.82, 2.24) is 9.97 Å². The first kappa shape index (κ1) is 12.9. The van der Waals surface area contributed by atoms with Crippen molar-refractivity contribution in [2.75, 3.05) is 5.32 Å². The van der Waals surface area contributed by atoms with Crippen LogP contribution in [0.2, 0.25) is 0 Å². The number of hydrogen-bond acceptors (Lipinski definition) is 5. The minimum absolute atomic E-state index is 0.0661. The van der Waals surface area contributed by atoms with Crippen molar-refractivity contribution in [3.8, 4) is 0 Å². The van der Waals surface area contributed by atoms with E-state index < -0.39 is 4.92 Å². The van der Waals surface area contributed by atoms with Crippen LogP contribution >= 0.6 is 0 Å². The van der Waals surface area contributed by atoms with Gasteiger partial charge in [0, 0.05) is 12.3 Å². The maximum Gasteiger partial charge on any atom is 0.292 e. The molecule has 0 saturated carbocycles. The Balaban J connectivity index is 2.19. The van der Waals surface area contributed by atoms with Crippen molar-refractivity contribution < 1.29 is 4.92 Å². The molecule has 1 heterocycles. The SMILES string of the molecule is Cc1ccc([N+](=O)[O-])c(NCc2ccnc(C)n2)c1. The van der Waals surface area contributed by atoms with Crippen LogP contribution in [-0.2, 0) is 6.54 Å². The zero-order valence-corrected chi connectivity index (χ0v) is 10.8. The van der Waals surface area contributed by atoms with Crippen LogP contribution in [0.15, 0.2) is 30.5 Å². The zero-order valence-electron chi connectivity index (χ0n) is 10.8. The lowest BCUT2D eigenvalue weighted by atomic mass is 10.2. The Morgan fingerprint density at radius 1 is 1.32 bits per heavy atom. The van der Waals surface area contributed by atoms with Gasteiger partial charge in [0.15, 0.2) is 0 Å². The van der Waals surface area contributed by atoms with E-state index in [2.05, 4.69) is 15.3 Å². The van der Waals surface area contributed by atoms with Crippen LogP contribution in [0.1, 0.15) is 17.1 Å². The van der Waals surface area contributed by atoms with Crippen LogP contribution in [0.25, 0.3) is 0 Å². The largest absolute Gasteiger partial charge is 0.374 e. The molecule has 0 aliphatic carbocycles. The van der Waals surface area contributed by atoms with Gasteiger partial charge in [-0.3, -0.25) is 10.1 Å². The summed E-state index contributed by atoms with van der Waals surface area (Å²) >= 11 is 0. The van der Waals surface area contributed by atoms with E-state index in [0.717, 1.165) is 11.3 Å². The normalized spacial score (nSPS) is 10.2. The maximum atomic E-state index is 10.9. The zero-order chi connectivity index (χ0) is 13.8. The van der Waals surface area contributed by atoms with Crippen LogP contribution in [0.5, 0.6) is 0 Å². The quantitative estimate of drug-likeness (QED) is 0.673. The average molecular weight is 258 g/mol. The number of aryl methyl sites for hydroxylation is 2. The number of nitrogens with one attached hydrogen (secondary N) is 1. The van der Waals surface area contributed by atoms with Crippen molar-refractivity contribution >= 4 is 11.4 Å². The highest BCUT2D eigenvalue weighted by atomic mass is 16.6. The highest BCUT2D eigenvalue weighted by Crippen LogP contribution is 2.25. The van der Waals surface area contributed by atoms with Crippen molar-refractivity contribution in [3.63, 3.8) is 0 Å². The second kappa shape index (κ2) is 5.43. The molecule has 0 aliphatic rings. The minimum Gasteiger partial charge on any atom is -0.374 e. The summed E-state index contributed by atoms with van der Waals surface area (Å²) in [6, 6.07) is 6.76. The fraction of sp³-hybridized carbons (Fsp3) is 0.231. The number of rotatable bonds is 4. The van der Waals surface area contributed by atoms with Gasteiger partial charge in [-0.1, -0.05) is 6.07 Å². The molecule has 0 atom stereocenters. The van der Waals surface area contributed by atoms with Crippen molar-refractivity contribution in [2.45, 2.75) is 20.4 Å². The molecule has 0 saturated heterocycles. The summed E-state index contributed by atoms with van der Waals surface area (Å²) in [5.74, 6) is 0.679. The van der Waals surface area contributed by atoms with Gasteiger partial charge in [0.1, 0.15) is 11.5 Å². The first-order chi connectivity index (χ1) is 9.06. The third kappa shape index (κ3) is 3.25. The molecule has 0 unspecified atom stereocenters. The molecule has 98 valence electrons. The molecule has 6 heteroatoms. The topological polar surface area (TPSA) is 81.0 Å². The van der Waals surface area contributed by atoms with Crippen molar-refractivity contribution in [2.24, 2.45) is 0 Å². The molecular weight excluding hydrogens is 244 g/mol. The van der Waals surface area contributed by atoms with Crippen LogP contribution < -0.4 is 5.32 Å². The predicted octanol–water partition coefficient (Wildman–Crippen LogP) is 2.61. The van der Waals surface area contributed by atoms with Gasteiger partial charge in [-0.05, 0) is 31.5 Å². The first-order valence-corrected chi connectivity index (χ1v) is 5.83. The molecule has 1 N–H and O–H groups in total. The molecule has 0 spiro atoms. The monoisotopic (exact) mass is 258 g/mol. The Bertz CT molecular complexity index is 613. The fourth-order valence-electron chi connectivity index (χ4n) is 1.74. The summed E-state index contributed by atoms with van der Waals surface area (Å²) in [5.41, 5.74) is 2.33. The molecule has 2 rings (SSSR count). The molecule has 6 nitrogen and oxygen atoms in total. The Morgan fingerprint density at radius 2 is 2.11 bits per heavy atom. The number of benzene rings is 1. The standard InChI is InChI=1S/C13H14N4O2/c1-9-3-4-13(17(18)19)12(7-9)15-8-11-5-6-14-10(2)16-11/h3-7,15H,8H2,1-2H3. The van der Waals surface area contributed by atoms with Gasteiger partial charge in [0.05, 0.1) is 17.2 Å². The number of nitro benzene ring substituents is 1. The smallest absolute Gasteiger partial charge is 0.292 e. The number of nitro groups is 1. The number of hydrogen-bond donors (Lipinski definition) is 1. The van der Waals surface area contributed by atoms with Gasteiger partial charge in [-0.25, -0.2) is 9.97 Å². The van der Waals surface area contributed by atoms with Gasteiger partial charge < -0.3 is 5.32 Å². The van der Waals surface area contributed by atoms with E-state index in [4.69, 9.17) is 0 Å². The number of anilines is 1. The second-order valence-corrected chi connectivity index (χ2v) is 4.23. The molecule has 2 aromatic rings. The molecule has 0 bridgehead atoms. The van der Waals surface area contributed by atoms with Crippen LogP contribution in [0.4, 0.5) is 11.4 Å². The lowest BCUT2D eigenvalue weighted by Gasteiger charge is -2.07. The van der Waals surface area contributed by atoms with E-state index in [1.807, 2.05) is 6.92 Å². The average Bonchev–Trinajstić information content (AvgIpc) is 2.36. The van der Waals surface area contributed by atoms with E-state index in [1.54, 1.807) is 31.3 Å². The molecule has 1 aromatic carbocycles. The lowest BCUT2D eigenvalue weighted by molar-refractivity contribution is -0.384. The summed E-state index contributed by atoms with van der Waals surface area (Å²) in [6.07, 6.45) is 1.67. The van der Waals surface area contributed by atoms with E-state index in [-0.39, 0.29) is 5.69 Å². The third-order valence-corrected chi connectivity index (χ3v) is 2.64. The van der Waals surface area contributed by atoms with Gasteiger partial charge in [-0.2, -0.15) is 0 Å². The van der Waals surface area contributed by atoms with Crippen molar-refractivity contribution in [3.05, 3.63) is 57.7 Å². The van der Waals surface area contributed by atoms with Crippen LogP contribution in [-0.4, -0.2) is 14.9 Å². The Labute approximate surface area is 110 Å². The van der Waals surface area contributed by atoms with E-state index >= 15 is 0 Å². The molecule has 0 fully saturated rings. The molecule has 0 aliphatic heterocycles. The summed E-state index contributed by atoms with van der Waals surface area (Å²) < 4.78 is 0. The highest BCUT2D eigenvalue weighted by molar-refractivity contribution is 5.62. The van der Waals surface area contributed by atoms with E-state index in [9.17, 15) is 10.1 Å². The maximum absolute atomic E-state index is 10.9. The Kier molecular flexibility index (Phi) is 3.70. The lowest BCUT2D eigenvalue weighted by Crippen LogP contribution is -2.05. The van der Waals surface area contributed by atoms with Gasteiger partial charge in [0.2, 0.25) is 0 Å². The third-order valence-electron chi connectivity index (χ3n) is 2.64. The van der Waals surface area contributed by atoms with E-state index in [1.165, 1.54) is 6.07 Å². The van der Waals surface area contributed by atoms with Crippen LogP contribution in [0.3, 0.4) is 0 Å². The Hall–Kier alpha value is -2.50. The molecule has 1 aromatic heterocycles. The van der Waals surface area contributed by atoms with Gasteiger partial charge in [-0.15, -0.1) is 0 Å². The summed E-state index contributed by atoms with van der Waals surface area (Å²) in [5, 5.41) is 14.0. The predicted molar refractivity (Wildman–Crippen MR) is 71.9 cm³/mol. The summed E-state index contributed by atoms with van der Waals surface area (Å²) in [6.45, 7) is 4.12. The van der Waals surface area contributed by atoms with Crippen LogP contribution in [0, 0.1) is 24.0 Å². The fourth-order valence-corrected chi connectivity index (χ4v) is 1.74. The van der Waals surface area contributed by atoms with Gasteiger partial charge in [0.25, 0.3) is 5.69 Å². The van der Waals surface area contributed by atoms with Crippen molar-refractivity contribution in [1.29, 1.82) is 0 Å². The molecule has 0 amide bonds.